The van der Waals surface area contributed by atoms with Gasteiger partial charge in [0.05, 0.1) is 29.1 Å². The maximum Gasteiger partial charge on any atom is 0.338 e. The van der Waals surface area contributed by atoms with Crippen LogP contribution in [-0.2, 0) is 9.53 Å². The highest BCUT2D eigenvalue weighted by molar-refractivity contribution is 7.19. The van der Waals surface area contributed by atoms with E-state index in [1.165, 1.54) is 18.3 Å². The van der Waals surface area contributed by atoms with E-state index in [0.29, 0.717) is 62.6 Å². The number of carbonyl (C=O) groups excluding carboxylic acids is 2. The lowest BCUT2D eigenvalue weighted by atomic mass is 10.0. The zero-order valence-corrected chi connectivity index (χ0v) is 30.4. The van der Waals surface area contributed by atoms with E-state index >= 15 is 0 Å². The largest absolute Gasteiger partial charge is 0.462 e. The summed E-state index contributed by atoms with van der Waals surface area (Å²) in [5.74, 6) is 0.732. The molecule has 1 amide bonds. The number of thiophene rings is 1. The van der Waals surface area contributed by atoms with Crippen LogP contribution in [0.3, 0.4) is 0 Å². The summed E-state index contributed by atoms with van der Waals surface area (Å²) in [5, 5.41) is 31.0. The van der Waals surface area contributed by atoms with Gasteiger partial charge in [0.25, 0.3) is 0 Å². The van der Waals surface area contributed by atoms with Gasteiger partial charge in [-0.15, -0.1) is 20.5 Å². The topological polar surface area (TPSA) is 132 Å². The van der Waals surface area contributed by atoms with Crippen LogP contribution in [0.15, 0.2) is 62.9 Å². The normalized spacial score (nSPS) is 12.2. The molecular weight excluding hydrogens is 623 g/mol. The second kappa shape index (κ2) is 18.8. The zero-order chi connectivity index (χ0) is 35.2. The predicted molar refractivity (Wildman–Crippen MR) is 195 cm³/mol. The molecule has 10 nitrogen and oxygen atoms in total. The first-order chi connectivity index (χ1) is 22.9. The number of nitrogens with one attached hydrogen (secondary N) is 1. The van der Waals surface area contributed by atoms with E-state index < -0.39 is 0 Å². The molecule has 0 fully saturated rings. The number of azo groups is 2. The number of hydrogen-bond acceptors (Lipinski definition) is 10. The Morgan fingerprint density at radius 1 is 0.979 bits per heavy atom. The molecule has 0 aliphatic rings. The molecule has 256 valence electrons. The average molecular weight is 672 g/mol. The van der Waals surface area contributed by atoms with Crippen molar-refractivity contribution in [1.82, 2.24) is 0 Å². The minimum atomic E-state index is -0.352. The molecule has 1 N–H and O–H groups in total. The number of aryl methyl sites for hydroxylation is 1. The summed E-state index contributed by atoms with van der Waals surface area (Å²) in [6, 6.07) is 14.4. The van der Waals surface area contributed by atoms with E-state index in [0.717, 1.165) is 50.0 Å². The van der Waals surface area contributed by atoms with Gasteiger partial charge in [-0.3, -0.25) is 4.79 Å². The Morgan fingerprint density at radius 3 is 2.25 bits per heavy atom. The number of unbranched alkanes of at least 4 members (excludes halogenated alkanes) is 1. The van der Waals surface area contributed by atoms with Crippen LogP contribution in [0.5, 0.6) is 0 Å². The van der Waals surface area contributed by atoms with Crippen LogP contribution in [-0.4, -0.2) is 31.6 Å². The van der Waals surface area contributed by atoms with E-state index in [1.807, 2.05) is 19.1 Å². The molecule has 0 spiro atoms. The van der Waals surface area contributed by atoms with E-state index in [1.54, 1.807) is 30.3 Å². The van der Waals surface area contributed by atoms with Crippen molar-refractivity contribution in [2.45, 2.75) is 81.1 Å². The minimum absolute atomic E-state index is 0.213. The number of nitriles is 1. The van der Waals surface area contributed by atoms with Crippen LogP contribution < -0.4 is 10.2 Å². The van der Waals surface area contributed by atoms with Gasteiger partial charge < -0.3 is 15.0 Å². The third-order valence-corrected chi connectivity index (χ3v) is 8.47. The molecule has 1 atom stereocenters. The quantitative estimate of drug-likeness (QED) is 0.113. The van der Waals surface area contributed by atoms with Gasteiger partial charge >= 0.3 is 5.97 Å². The van der Waals surface area contributed by atoms with Crippen molar-refractivity contribution in [2.75, 3.05) is 29.9 Å². The molecule has 11 heteroatoms. The third kappa shape index (κ3) is 11.7. The first-order valence-electron chi connectivity index (χ1n) is 16.8. The zero-order valence-electron chi connectivity index (χ0n) is 29.5. The highest BCUT2D eigenvalue weighted by Crippen LogP contribution is 2.40. The van der Waals surface area contributed by atoms with Crippen molar-refractivity contribution < 1.29 is 14.3 Å². The lowest BCUT2D eigenvalue weighted by Crippen LogP contribution is -2.32. The second-order valence-electron chi connectivity index (χ2n) is 12.9. The Hall–Kier alpha value is -4.43. The summed E-state index contributed by atoms with van der Waals surface area (Å²) in [4.78, 5) is 27.0. The fourth-order valence-corrected chi connectivity index (χ4v) is 5.92. The molecule has 48 heavy (non-hydrogen) atoms. The number of anilines is 2. The molecule has 0 bridgehead atoms. The summed E-state index contributed by atoms with van der Waals surface area (Å²) in [6.45, 7) is 18.7. The van der Waals surface area contributed by atoms with E-state index in [9.17, 15) is 14.9 Å². The van der Waals surface area contributed by atoms with Crippen LogP contribution in [0, 0.1) is 36.0 Å². The van der Waals surface area contributed by atoms with Gasteiger partial charge in [-0.2, -0.15) is 5.26 Å². The van der Waals surface area contributed by atoms with Crippen molar-refractivity contribution in [1.29, 1.82) is 5.26 Å². The molecule has 1 aromatic heterocycles. The van der Waals surface area contributed by atoms with E-state index in [4.69, 9.17) is 4.74 Å². The lowest BCUT2D eigenvalue weighted by Gasteiger charge is -2.30. The molecule has 1 heterocycles. The maximum atomic E-state index is 12.5. The molecule has 2 aromatic carbocycles. The number of esters is 1. The Bertz CT molecular complexity index is 1610. The van der Waals surface area contributed by atoms with Crippen LogP contribution in [0.4, 0.5) is 32.8 Å². The van der Waals surface area contributed by atoms with Crippen molar-refractivity contribution in [3.63, 3.8) is 0 Å². The van der Waals surface area contributed by atoms with Gasteiger partial charge in [0.2, 0.25) is 5.91 Å². The molecule has 0 saturated heterocycles. The maximum absolute atomic E-state index is 12.5. The van der Waals surface area contributed by atoms with E-state index in [-0.39, 0.29) is 11.9 Å². The standard InChI is InChI=1S/C37H49N7O3S/c1-9-11-12-28(10-2)23-47-37(46)29-13-15-31(16-14-29)40-42-35-18-30(20-38)36(48-35)43-41-33-17-26(7)34(19-32(33)39-27(8)45)44(21-24(3)4)22-25(5)6/h13-19,24-25,28H,9-12,21-23H2,1-8H3,(H,39,45)/b42-40?,43-41+. The lowest BCUT2D eigenvalue weighted by molar-refractivity contribution is -0.114. The Labute approximate surface area is 289 Å². The van der Waals surface area contributed by atoms with Crippen molar-refractivity contribution in [3.05, 3.63) is 59.2 Å². The third-order valence-electron chi connectivity index (χ3n) is 7.57. The highest BCUT2D eigenvalue weighted by Gasteiger charge is 2.17. The summed E-state index contributed by atoms with van der Waals surface area (Å²) < 4.78 is 5.54. The monoisotopic (exact) mass is 671 g/mol. The highest BCUT2D eigenvalue weighted by atomic mass is 32.1. The van der Waals surface area contributed by atoms with Crippen LogP contribution in [0.2, 0.25) is 0 Å². The van der Waals surface area contributed by atoms with Gasteiger partial charge in [-0.05, 0) is 79.1 Å². The fourth-order valence-electron chi connectivity index (χ4n) is 5.17. The van der Waals surface area contributed by atoms with Gasteiger partial charge in [-0.1, -0.05) is 72.1 Å². The van der Waals surface area contributed by atoms with Gasteiger partial charge in [-0.25, -0.2) is 4.79 Å². The number of ether oxygens (including phenoxy) is 1. The second-order valence-corrected chi connectivity index (χ2v) is 13.9. The fraction of sp³-hybridized carbons (Fsp3) is 0.486. The van der Waals surface area contributed by atoms with Crippen molar-refractivity contribution in [2.24, 2.45) is 38.2 Å². The molecule has 1 unspecified atom stereocenters. The van der Waals surface area contributed by atoms with Gasteiger partial charge in [0, 0.05) is 25.7 Å². The number of benzene rings is 2. The summed E-state index contributed by atoms with van der Waals surface area (Å²) in [6.07, 6.45) is 4.29. The first kappa shape index (κ1) is 38.0. The smallest absolute Gasteiger partial charge is 0.338 e. The Balaban J connectivity index is 1.78. The summed E-state index contributed by atoms with van der Waals surface area (Å²) in [5.41, 5.74) is 4.41. The average Bonchev–Trinajstić information content (AvgIpc) is 3.45. The van der Waals surface area contributed by atoms with Crippen LogP contribution in [0.1, 0.15) is 95.6 Å². The van der Waals surface area contributed by atoms with E-state index in [2.05, 4.69) is 78.3 Å². The molecule has 0 radical (unpaired) electrons. The molecule has 0 aliphatic heterocycles. The predicted octanol–water partition coefficient (Wildman–Crippen LogP) is 11.2. The summed E-state index contributed by atoms with van der Waals surface area (Å²) >= 11 is 1.18. The molecule has 3 rings (SSSR count). The molecule has 0 aliphatic carbocycles. The number of amides is 1. The Kier molecular flexibility index (Phi) is 14.9. The summed E-state index contributed by atoms with van der Waals surface area (Å²) in [7, 11) is 0. The van der Waals surface area contributed by atoms with Gasteiger partial charge in [0.1, 0.15) is 16.8 Å². The van der Waals surface area contributed by atoms with Crippen LogP contribution in [0.25, 0.3) is 0 Å². The number of nitrogens with zero attached hydrogens (tertiary/aromatic N) is 6. The van der Waals surface area contributed by atoms with Crippen LogP contribution >= 0.6 is 11.3 Å². The first-order valence-corrected chi connectivity index (χ1v) is 17.6. The Morgan fingerprint density at radius 2 is 1.67 bits per heavy atom. The molecule has 0 saturated carbocycles. The SMILES string of the molecule is CCCCC(CC)COC(=O)c1ccc(N=Nc2cc(C#N)c(/N=N/c3cc(C)c(N(CC(C)C)CC(C)C)cc3NC(C)=O)s2)cc1. The number of rotatable bonds is 17. The number of carbonyl (C=O) groups is 2. The molecular formula is C37H49N7O3S. The van der Waals surface area contributed by atoms with Crippen molar-refractivity contribution in [3.8, 4) is 6.07 Å². The van der Waals surface area contributed by atoms with Crippen molar-refractivity contribution >= 4 is 56.0 Å². The number of hydrogen-bond donors (Lipinski definition) is 1. The van der Waals surface area contributed by atoms with Gasteiger partial charge in [0.15, 0.2) is 5.00 Å². The molecule has 3 aromatic rings. The minimum Gasteiger partial charge on any atom is -0.462 e.